The van der Waals surface area contributed by atoms with Crippen LogP contribution in [0.2, 0.25) is 0 Å². The molecule has 0 atom stereocenters. The summed E-state index contributed by atoms with van der Waals surface area (Å²) < 4.78 is 10.6. The number of amides is 1. The Morgan fingerprint density at radius 2 is 2.00 bits per heavy atom. The molecule has 1 aromatic carbocycles. The Bertz CT molecular complexity index is 606. The molecule has 1 saturated heterocycles. The van der Waals surface area contributed by atoms with Crippen molar-refractivity contribution in [3.8, 4) is 5.75 Å². The van der Waals surface area contributed by atoms with Crippen LogP contribution in [0.4, 0.5) is 0 Å². The zero-order chi connectivity index (χ0) is 20.0. The lowest BCUT2D eigenvalue weighted by Crippen LogP contribution is -2.29. The standard InChI is InChI=1S/C21H32N2O4S/c1-18(24)26-13-14-28-17-21(25)22-9-6-12-27-20-8-5-7-19(15-20)16-23-10-3-2-4-11-23/h5,7-8,15H,2-4,6,9-14,16-17H2,1H3,(H,22,25). The van der Waals surface area contributed by atoms with Crippen LogP contribution in [0.15, 0.2) is 24.3 Å². The quantitative estimate of drug-likeness (QED) is 0.424. The van der Waals surface area contributed by atoms with Crippen LogP contribution in [0.25, 0.3) is 0 Å². The van der Waals surface area contributed by atoms with Gasteiger partial charge in [0.2, 0.25) is 5.91 Å². The van der Waals surface area contributed by atoms with Gasteiger partial charge in [-0.05, 0) is 50.0 Å². The van der Waals surface area contributed by atoms with Crippen molar-refractivity contribution in [1.82, 2.24) is 10.2 Å². The highest BCUT2D eigenvalue weighted by molar-refractivity contribution is 7.99. The van der Waals surface area contributed by atoms with Gasteiger partial charge in [0.1, 0.15) is 12.4 Å². The monoisotopic (exact) mass is 408 g/mol. The summed E-state index contributed by atoms with van der Waals surface area (Å²) in [5.41, 5.74) is 1.29. The number of rotatable bonds is 12. The first-order valence-corrected chi connectivity index (χ1v) is 11.2. The summed E-state index contributed by atoms with van der Waals surface area (Å²) in [5.74, 6) is 1.60. The topological polar surface area (TPSA) is 67.9 Å². The molecule has 1 aromatic rings. The molecule has 1 aliphatic rings. The van der Waals surface area contributed by atoms with E-state index in [1.54, 1.807) is 0 Å². The molecule has 1 N–H and O–H groups in total. The van der Waals surface area contributed by atoms with Crippen LogP contribution in [0.1, 0.15) is 38.2 Å². The number of hydrogen-bond acceptors (Lipinski definition) is 6. The van der Waals surface area contributed by atoms with Gasteiger partial charge in [-0.25, -0.2) is 0 Å². The predicted octanol–water partition coefficient (Wildman–Crippen LogP) is 2.85. The summed E-state index contributed by atoms with van der Waals surface area (Å²) in [5, 5.41) is 2.88. The maximum Gasteiger partial charge on any atom is 0.302 e. The molecule has 0 aromatic heterocycles. The second kappa shape index (κ2) is 13.4. The SMILES string of the molecule is CC(=O)OCCSCC(=O)NCCCOc1cccc(CN2CCCCC2)c1. The molecule has 0 radical (unpaired) electrons. The molecule has 1 fully saturated rings. The summed E-state index contributed by atoms with van der Waals surface area (Å²) in [4.78, 5) is 24.9. The van der Waals surface area contributed by atoms with Crippen molar-refractivity contribution in [3.63, 3.8) is 0 Å². The Labute approximate surface area is 172 Å². The molecule has 156 valence electrons. The zero-order valence-electron chi connectivity index (χ0n) is 16.8. The van der Waals surface area contributed by atoms with E-state index in [-0.39, 0.29) is 11.9 Å². The molecule has 0 aliphatic carbocycles. The highest BCUT2D eigenvalue weighted by atomic mass is 32.2. The number of carbonyl (C=O) groups excluding carboxylic acids is 2. The number of ether oxygens (including phenoxy) is 2. The predicted molar refractivity (Wildman–Crippen MR) is 113 cm³/mol. The number of benzene rings is 1. The van der Waals surface area contributed by atoms with Crippen molar-refractivity contribution in [3.05, 3.63) is 29.8 Å². The number of thioether (sulfide) groups is 1. The van der Waals surface area contributed by atoms with Gasteiger partial charge in [-0.3, -0.25) is 14.5 Å². The number of likely N-dealkylation sites (tertiary alicyclic amines) is 1. The molecule has 7 heteroatoms. The Hall–Kier alpha value is -1.73. The minimum absolute atomic E-state index is 0.00338. The number of hydrogen-bond donors (Lipinski definition) is 1. The van der Waals surface area contributed by atoms with Crippen molar-refractivity contribution in [2.24, 2.45) is 0 Å². The van der Waals surface area contributed by atoms with E-state index in [0.29, 0.717) is 31.3 Å². The molecule has 6 nitrogen and oxygen atoms in total. The van der Waals surface area contributed by atoms with Gasteiger partial charge in [0, 0.05) is 25.8 Å². The van der Waals surface area contributed by atoms with Crippen molar-refractivity contribution >= 4 is 23.6 Å². The Balaban J connectivity index is 1.53. The van der Waals surface area contributed by atoms with E-state index in [2.05, 4.69) is 22.3 Å². The maximum atomic E-state index is 11.7. The minimum Gasteiger partial charge on any atom is -0.494 e. The molecular weight excluding hydrogens is 376 g/mol. The summed E-state index contributed by atoms with van der Waals surface area (Å²) in [6, 6.07) is 8.30. The van der Waals surface area contributed by atoms with Crippen LogP contribution in [-0.4, -0.2) is 61.1 Å². The Morgan fingerprint density at radius 3 is 2.79 bits per heavy atom. The van der Waals surface area contributed by atoms with Crippen LogP contribution in [-0.2, 0) is 20.9 Å². The van der Waals surface area contributed by atoms with E-state index in [9.17, 15) is 9.59 Å². The van der Waals surface area contributed by atoms with Crippen LogP contribution < -0.4 is 10.1 Å². The van der Waals surface area contributed by atoms with E-state index >= 15 is 0 Å². The number of piperidine rings is 1. The van der Waals surface area contributed by atoms with Crippen molar-refractivity contribution in [1.29, 1.82) is 0 Å². The summed E-state index contributed by atoms with van der Waals surface area (Å²) in [6.45, 7) is 6.26. The van der Waals surface area contributed by atoms with Gasteiger partial charge >= 0.3 is 5.97 Å². The van der Waals surface area contributed by atoms with Gasteiger partial charge in [-0.2, -0.15) is 0 Å². The van der Waals surface area contributed by atoms with E-state index in [1.807, 2.05) is 12.1 Å². The summed E-state index contributed by atoms with van der Waals surface area (Å²) in [6.07, 6.45) is 4.71. The third kappa shape index (κ3) is 9.99. The third-order valence-electron chi connectivity index (χ3n) is 4.43. The average Bonchev–Trinajstić information content (AvgIpc) is 2.68. The summed E-state index contributed by atoms with van der Waals surface area (Å²) >= 11 is 1.46. The highest BCUT2D eigenvalue weighted by Gasteiger charge is 2.10. The normalized spacial score (nSPS) is 14.5. The lowest BCUT2D eigenvalue weighted by atomic mass is 10.1. The molecule has 28 heavy (non-hydrogen) atoms. The van der Waals surface area contributed by atoms with Gasteiger partial charge < -0.3 is 14.8 Å². The van der Waals surface area contributed by atoms with Gasteiger partial charge in [0.25, 0.3) is 0 Å². The fourth-order valence-electron chi connectivity index (χ4n) is 3.06. The van der Waals surface area contributed by atoms with Crippen molar-refractivity contribution in [2.75, 3.05) is 44.4 Å². The summed E-state index contributed by atoms with van der Waals surface area (Å²) in [7, 11) is 0. The maximum absolute atomic E-state index is 11.7. The van der Waals surface area contributed by atoms with Gasteiger partial charge in [-0.15, -0.1) is 11.8 Å². The lowest BCUT2D eigenvalue weighted by Gasteiger charge is -2.26. The van der Waals surface area contributed by atoms with Gasteiger partial charge in [-0.1, -0.05) is 18.6 Å². The molecule has 1 amide bonds. The van der Waals surface area contributed by atoms with Crippen LogP contribution in [0.3, 0.4) is 0 Å². The lowest BCUT2D eigenvalue weighted by molar-refractivity contribution is -0.140. The molecular formula is C21H32N2O4S. The largest absolute Gasteiger partial charge is 0.494 e. The molecule has 2 rings (SSSR count). The fourth-order valence-corrected chi connectivity index (χ4v) is 3.69. The van der Waals surface area contributed by atoms with E-state index in [4.69, 9.17) is 9.47 Å². The number of nitrogens with one attached hydrogen (secondary N) is 1. The highest BCUT2D eigenvalue weighted by Crippen LogP contribution is 2.17. The first-order valence-electron chi connectivity index (χ1n) is 10.1. The van der Waals surface area contributed by atoms with Crippen LogP contribution in [0, 0.1) is 0 Å². The average molecular weight is 409 g/mol. The molecule has 0 unspecified atom stereocenters. The van der Waals surface area contributed by atoms with Gasteiger partial charge in [0.05, 0.1) is 12.4 Å². The fraction of sp³-hybridized carbons (Fsp3) is 0.619. The first kappa shape index (κ1) is 22.6. The molecule has 0 saturated carbocycles. The molecule has 1 aliphatic heterocycles. The van der Waals surface area contributed by atoms with E-state index in [1.165, 1.54) is 56.6 Å². The first-order chi connectivity index (χ1) is 13.6. The molecule has 0 spiro atoms. The third-order valence-corrected chi connectivity index (χ3v) is 5.35. The number of carbonyl (C=O) groups is 2. The number of esters is 1. The molecule has 0 bridgehead atoms. The van der Waals surface area contributed by atoms with Crippen molar-refractivity contribution < 1.29 is 19.1 Å². The molecule has 1 heterocycles. The Morgan fingerprint density at radius 1 is 1.18 bits per heavy atom. The van der Waals surface area contributed by atoms with Crippen LogP contribution in [0.5, 0.6) is 5.75 Å². The smallest absolute Gasteiger partial charge is 0.302 e. The Kier molecular flexibility index (Phi) is 10.8. The van der Waals surface area contributed by atoms with Crippen LogP contribution >= 0.6 is 11.8 Å². The zero-order valence-corrected chi connectivity index (χ0v) is 17.6. The second-order valence-corrected chi connectivity index (χ2v) is 8.03. The van der Waals surface area contributed by atoms with E-state index < -0.39 is 0 Å². The van der Waals surface area contributed by atoms with E-state index in [0.717, 1.165) is 18.7 Å². The number of nitrogens with zero attached hydrogens (tertiary/aromatic N) is 1. The second-order valence-electron chi connectivity index (χ2n) is 6.93. The minimum atomic E-state index is -0.290. The van der Waals surface area contributed by atoms with Gasteiger partial charge in [0.15, 0.2) is 0 Å². The van der Waals surface area contributed by atoms with Crippen molar-refractivity contribution in [2.45, 2.75) is 39.2 Å².